The number of ether oxygens (including phenoxy) is 2. The molecule has 0 radical (unpaired) electrons. The summed E-state index contributed by atoms with van der Waals surface area (Å²) >= 11 is 5.62. The molecule has 1 aliphatic heterocycles. The lowest BCUT2D eigenvalue weighted by Gasteiger charge is -2.27. The van der Waals surface area contributed by atoms with E-state index in [-0.39, 0.29) is 24.0 Å². The number of anilines is 1. The highest BCUT2D eigenvalue weighted by atomic mass is 35.5. The zero-order valence-electron chi connectivity index (χ0n) is 13.6. The molecule has 1 N–H and O–H groups in total. The molecule has 1 fully saturated rings. The van der Waals surface area contributed by atoms with Gasteiger partial charge in [-0.25, -0.2) is 0 Å². The number of rotatable bonds is 5. The first-order valence-corrected chi connectivity index (χ1v) is 8.30. The Kier molecular flexibility index (Phi) is 5.48. The molecule has 0 spiro atoms. The van der Waals surface area contributed by atoms with Gasteiger partial charge < -0.3 is 14.8 Å². The Bertz CT molecular complexity index is 535. The molecule has 1 amide bonds. The number of nitrogens with one attached hydrogen (secondary N) is 1. The van der Waals surface area contributed by atoms with Gasteiger partial charge in [0.25, 0.3) is 0 Å². The van der Waals surface area contributed by atoms with E-state index in [4.69, 9.17) is 21.1 Å². The van der Waals surface area contributed by atoms with Gasteiger partial charge in [-0.15, -0.1) is 11.6 Å². The van der Waals surface area contributed by atoms with E-state index in [1.54, 1.807) is 0 Å². The molecule has 0 aliphatic carbocycles. The summed E-state index contributed by atoms with van der Waals surface area (Å²) < 4.78 is 12.4. The first-order valence-electron chi connectivity index (χ1n) is 7.76. The van der Waals surface area contributed by atoms with E-state index in [1.165, 1.54) is 0 Å². The monoisotopic (exact) mass is 325 g/mol. The summed E-state index contributed by atoms with van der Waals surface area (Å²) in [5, 5.41) is 2.87. The molecule has 0 saturated carbocycles. The molecule has 1 aromatic carbocycles. The van der Waals surface area contributed by atoms with Crippen molar-refractivity contribution in [1.29, 1.82) is 0 Å². The van der Waals surface area contributed by atoms with Crippen molar-refractivity contribution < 1.29 is 14.3 Å². The molecule has 22 heavy (non-hydrogen) atoms. The normalized spacial score (nSPS) is 27.9. The van der Waals surface area contributed by atoms with Crippen molar-refractivity contribution in [2.75, 3.05) is 11.2 Å². The molecule has 0 aromatic heterocycles. The summed E-state index contributed by atoms with van der Waals surface area (Å²) in [5.74, 6) is -1.18. The van der Waals surface area contributed by atoms with Crippen LogP contribution in [-0.4, -0.2) is 24.0 Å². The summed E-state index contributed by atoms with van der Waals surface area (Å²) in [7, 11) is 0. The van der Waals surface area contributed by atoms with E-state index < -0.39 is 5.79 Å². The van der Waals surface area contributed by atoms with E-state index in [0.717, 1.165) is 29.7 Å². The number of aryl methyl sites for hydroxylation is 1. The number of benzene rings is 1. The van der Waals surface area contributed by atoms with Crippen LogP contribution < -0.4 is 5.32 Å². The number of hydrogen-bond donors (Lipinski definition) is 1. The lowest BCUT2D eigenvalue weighted by atomic mass is 10.0. The first kappa shape index (κ1) is 17.3. The number of halogens is 1. The van der Waals surface area contributed by atoms with Crippen LogP contribution in [0.4, 0.5) is 5.69 Å². The molecule has 1 saturated heterocycles. The van der Waals surface area contributed by atoms with Gasteiger partial charge in [0.15, 0.2) is 5.79 Å². The van der Waals surface area contributed by atoms with E-state index in [0.29, 0.717) is 0 Å². The molecule has 2 rings (SSSR count). The average Bonchev–Trinajstić information content (AvgIpc) is 2.86. The first-order chi connectivity index (χ1) is 10.4. The van der Waals surface area contributed by atoms with Crippen molar-refractivity contribution in [1.82, 2.24) is 0 Å². The zero-order valence-corrected chi connectivity index (χ0v) is 14.4. The van der Waals surface area contributed by atoms with Crippen molar-refractivity contribution in [2.45, 2.75) is 58.5 Å². The number of para-hydroxylation sites is 1. The van der Waals surface area contributed by atoms with E-state index in [1.807, 2.05) is 32.0 Å². The van der Waals surface area contributed by atoms with Gasteiger partial charge in [0.2, 0.25) is 5.91 Å². The second-order valence-electron chi connectivity index (χ2n) is 5.75. The quantitative estimate of drug-likeness (QED) is 0.834. The van der Waals surface area contributed by atoms with E-state index >= 15 is 0 Å². The Morgan fingerprint density at radius 1 is 1.27 bits per heavy atom. The minimum atomic E-state index is -0.859. The third-order valence-corrected chi connectivity index (χ3v) is 4.36. The van der Waals surface area contributed by atoms with Crippen LogP contribution in [0.15, 0.2) is 18.2 Å². The fourth-order valence-corrected chi connectivity index (χ4v) is 3.03. The largest absolute Gasteiger partial charge is 0.340 e. The van der Waals surface area contributed by atoms with Gasteiger partial charge in [0.1, 0.15) is 5.88 Å². The third-order valence-electron chi connectivity index (χ3n) is 4.12. The van der Waals surface area contributed by atoms with Gasteiger partial charge >= 0.3 is 0 Å². The molecular weight excluding hydrogens is 302 g/mol. The topological polar surface area (TPSA) is 47.6 Å². The van der Waals surface area contributed by atoms with E-state index in [2.05, 4.69) is 19.2 Å². The van der Waals surface area contributed by atoms with Crippen LogP contribution in [0.5, 0.6) is 0 Å². The lowest BCUT2D eigenvalue weighted by molar-refractivity contribution is -0.169. The molecule has 122 valence electrons. The molecule has 4 nitrogen and oxygen atoms in total. The highest BCUT2D eigenvalue weighted by Gasteiger charge is 2.45. The van der Waals surface area contributed by atoms with Gasteiger partial charge in [-0.05, 0) is 32.3 Å². The minimum Gasteiger partial charge on any atom is -0.340 e. The van der Waals surface area contributed by atoms with E-state index in [9.17, 15) is 4.79 Å². The van der Waals surface area contributed by atoms with Crippen LogP contribution in [0.1, 0.15) is 44.7 Å². The Hall–Kier alpha value is -1.10. The second kappa shape index (κ2) is 6.99. The lowest BCUT2D eigenvalue weighted by Crippen LogP contribution is -2.27. The number of amides is 1. The number of carbonyl (C=O) groups excluding carboxylic acids is 1. The van der Waals surface area contributed by atoms with Crippen LogP contribution in [0.3, 0.4) is 0 Å². The molecule has 1 heterocycles. The molecule has 5 heteroatoms. The number of hydrogen-bond acceptors (Lipinski definition) is 3. The summed E-state index contributed by atoms with van der Waals surface area (Å²) in [5.41, 5.74) is 2.51. The molecule has 1 aromatic rings. The van der Waals surface area contributed by atoms with Crippen molar-refractivity contribution in [3.05, 3.63) is 29.3 Å². The highest BCUT2D eigenvalue weighted by molar-refractivity contribution is 6.29. The summed E-state index contributed by atoms with van der Waals surface area (Å²) in [4.78, 5) is 11.7. The van der Waals surface area contributed by atoms with Crippen molar-refractivity contribution in [3.8, 4) is 0 Å². The summed E-state index contributed by atoms with van der Waals surface area (Å²) in [6.07, 6.45) is 1.91. The number of alkyl halides is 1. The molecule has 2 atom stereocenters. The van der Waals surface area contributed by atoms with Crippen LogP contribution >= 0.6 is 11.6 Å². The van der Waals surface area contributed by atoms with Gasteiger partial charge in [-0.3, -0.25) is 4.79 Å². The van der Waals surface area contributed by atoms with Gasteiger partial charge in [-0.1, -0.05) is 32.0 Å². The smallest absolute Gasteiger partial charge is 0.239 e. The fourth-order valence-electron chi connectivity index (χ4n) is 2.96. The summed E-state index contributed by atoms with van der Waals surface area (Å²) in [6, 6.07) is 5.82. The van der Waals surface area contributed by atoms with Crippen LogP contribution in [0, 0.1) is 6.92 Å². The maximum Gasteiger partial charge on any atom is 0.239 e. The molecule has 2 unspecified atom stereocenters. The number of carbonyl (C=O) groups is 1. The summed E-state index contributed by atoms with van der Waals surface area (Å²) in [6.45, 7) is 8.04. The van der Waals surface area contributed by atoms with Crippen molar-refractivity contribution in [3.63, 3.8) is 0 Å². The molecule has 0 bridgehead atoms. The SMILES string of the molecule is CCC1OC(C)(c2cccc(C)c2NC(=O)CCl)OC1CC. The predicted octanol–water partition coefficient (Wildman–Crippen LogP) is 3.95. The highest BCUT2D eigenvalue weighted by Crippen LogP contribution is 2.43. The van der Waals surface area contributed by atoms with Gasteiger partial charge in [0.05, 0.1) is 17.9 Å². The maximum absolute atomic E-state index is 11.7. The van der Waals surface area contributed by atoms with Gasteiger partial charge in [-0.2, -0.15) is 0 Å². The zero-order chi connectivity index (χ0) is 16.3. The molecule has 1 aliphatic rings. The van der Waals surface area contributed by atoms with Crippen LogP contribution in [-0.2, 0) is 20.1 Å². The average molecular weight is 326 g/mol. The predicted molar refractivity (Wildman–Crippen MR) is 88.2 cm³/mol. The second-order valence-corrected chi connectivity index (χ2v) is 6.02. The minimum absolute atomic E-state index is 0.0621. The Balaban J connectivity index is 2.39. The van der Waals surface area contributed by atoms with Gasteiger partial charge in [0, 0.05) is 5.56 Å². The fraction of sp³-hybridized carbons (Fsp3) is 0.588. The van der Waals surface area contributed by atoms with Crippen LogP contribution in [0.2, 0.25) is 0 Å². The van der Waals surface area contributed by atoms with Crippen LogP contribution in [0.25, 0.3) is 0 Å². The van der Waals surface area contributed by atoms with Crippen molar-refractivity contribution >= 4 is 23.2 Å². The Labute approximate surface area is 137 Å². The molecular formula is C17H24ClNO3. The maximum atomic E-state index is 11.7. The Morgan fingerprint density at radius 3 is 2.36 bits per heavy atom. The standard InChI is InChI=1S/C17H24ClNO3/c1-5-13-14(6-2)22-17(4,21-13)12-9-7-8-11(3)16(12)19-15(20)10-18/h7-9,13-14H,5-6,10H2,1-4H3,(H,19,20). The third kappa shape index (κ3) is 3.29. The van der Waals surface area contributed by atoms with Crippen molar-refractivity contribution in [2.24, 2.45) is 0 Å². The Morgan fingerprint density at radius 2 is 1.86 bits per heavy atom.